The van der Waals surface area contributed by atoms with E-state index in [-0.39, 0.29) is 11.6 Å². The molecule has 0 bridgehead atoms. The van der Waals surface area contributed by atoms with Gasteiger partial charge in [-0.05, 0) is 49.6 Å². The summed E-state index contributed by atoms with van der Waals surface area (Å²) < 4.78 is 3.39. The van der Waals surface area contributed by atoms with Gasteiger partial charge in [-0.1, -0.05) is 36.4 Å². The topological polar surface area (TPSA) is 108 Å². The second-order valence-corrected chi connectivity index (χ2v) is 7.94. The Kier molecular flexibility index (Phi) is 6.03. The number of carbonyl (C=O) groups excluding carboxylic acids is 1. The predicted octanol–water partition coefficient (Wildman–Crippen LogP) is 4.26. The number of aryl methyl sites for hydroxylation is 2. The van der Waals surface area contributed by atoms with Crippen molar-refractivity contribution in [3.63, 3.8) is 0 Å². The number of hydrogen-bond acceptors (Lipinski definition) is 5. The molecule has 0 aliphatic carbocycles. The molecule has 4 rings (SSSR count). The van der Waals surface area contributed by atoms with Gasteiger partial charge in [0.25, 0.3) is 5.91 Å². The lowest BCUT2D eigenvalue weighted by Crippen LogP contribution is -2.12. The normalized spacial score (nSPS) is 10.9. The zero-order valence-electron chi connectivity index (χ0n) is 18.6. The molecule has 0 unspecified atom stereocenters. The number of amides is 1. The van der Waals surface area contributed by atoms with E-state index < -0.39 is 4.92 Å². The molecule has 0 radical (unpaired) electrons. The monoisotopic (exact) mass is 444 g/mol. The minimum absolute atomic E-state index is 0.0361. The van der Waals surface area contributed by atoms with Gasteiger partial charge in [0, 0.05) is 11.8 Å². The van der Waals surface area contributed by atoms with Crippen LogP contribution in [0.1, 0.15) is 38.4 Å². The molecule has 0 fully saturated rings. The molecule has 2 aromatic heterocycles. The fourth-order valence-electron chi connectivity index (χ4n) is 3.72. The van der Waals surface area contributed by atoms with Crippen molar-refractivity contribution in [1.29, 1.82) is 0 Å². The lowest BCUT2D eigenvalue weighted by atomic mass is 10.1. The third-order valence-electron chi connectivity index (χ3n) is 5.56. The van der Waals surface area contributed by atoms with E-state index in [1.807, 2.05) is 24.3 Å². The van der Waals surface area contributed by atoms with Crippen LogP contribution in [0.15, 0.2) is 60.9 Å². The number of nitrogens with zero attached hydrogens (tertiary/aromatic N) is 5. The number of hydrogen-bond donors (Lipinski definition) is 1. The zero-order valence-corrected chi connectivity index (χ0v) is 18.6. The molecule has 1 amide bonds. The highest BCUT2D eigenvalue weighted by Gasteiger charge is 2.21. The second-order valence-electron chi connectivity index (χ2n) is 7.94. The number of benzene rings is 2. The van der Waals surface area contributed by atoms with E-state index in [2.05, 4.69) is 34.6 Å². The van der Waals surface area contributed by atoms with Crippen LogP contribution in [0.5, 0.6) is 0 Å². The number of aromatic nitrogens is 4. The van der Waals surface area contributed by atoms with Gasteiger partial charge in [0.2, 0.25) is 0 Å². The van der Waals surface area contributed by atoms with E-state index in [1.165, 1.54) is 11.1 Å². The van der Waals surface area contributed by atoms with Crippen molar-refractivity contribution in [2.75, 3.05) is 5.32 Å². The van der Waals surface area contributed by atoms with Crippen LogP contribution < -0.4 is 5.32 Å². The van der Waals surface area contributed by atoms with Crippen LogP contribution in [0.25, 0.3) is 0 Å². The van der Waals surface area contributed by atoms with Crippen molar-refractivity contribution in [2.45, 2.75) is 33.9 Å². The van der Waals surface area contributed by atoms with Gasteiger partial charge < -0.3 is 5.32 Å². The summed E-state index contributed by atoms with van der Waals surface area (Å²) in [5.74, 6) is -0.237. The maximum Gasteiger partial charge on any atom is 0.312 e. The average molecular weight is 444 g/mol. The van der Waals surface area contributed by atoms with Crippen LogP contribution in [0.2, 0.25) is 0 Å². The van der Waals surface area contributed by atoms with E-state index in [0.717, 1.165) is 5.56 Å². The first-order valence-electron chi connectivity index (χ1n) is 10.5. The van der Waals surface area contributed by atoms with Gasteiger partial charge in [-0.3, -0.25) is 24.3 Å². The Labute approximate surface area is 190 Å². The number of nitro groups is 1. The molecule has 9 nitrogen and oxygen atoms in total. The van der Waals surface area contributed by atoms with E-state index in [9.17, 15) is 14.9 Å². The molecular formula is C24H24N6O3. The molecule has 1 N–H and O–H groups in total. The molecular weight excluding hydrogens is 420 g/mol. The standard InChI is InChI=1S/C24H24N6O3/c1-16-6-4-5-7-21(16)14-28-15-22(12-25-28)26-24(31)20-10-8-19(9-11-20)13-29-18(3)23(30(32)33)17(2)27-29/h4-12,15H,13-14H2,1-3H3,(H,26,31). The van der Waals surface area contributed by atoms with Crippen molar-refractivity contribution < 1.29 is 9.72 Å². The highest BCUT2D eigenvalue weighted by atomic mass is 16.6. The largest absolute Gasteiger partial charge is 0.319 e. The van der Waals surface area contributed by atoms with E-state index in [4.69, 9.17) is 0 Å². The minimum atomic E-state index is -0.412. The Bertz CT molecular complexity index is 1320. The van der Waals surface area contributed by atoms with Crippen LogP contribution in [0.4, 0.5) is 11.4 Å². The highest BCUT2D eigenvalue weighted by Crippen LogP contribution is 2.22. The number of carbonyl (C=O) groups is 1. The van der Waals surface area contributed by atoms with Gasteiger partial charge >= 0.3 is 5.69 Å². The van der Waals surface area contributed by atoms with Crippen molar-refractivity contribution in [1.82, 2.24) is 19.6 Å². The van der Waals surface area contributed by atoms with Gasteiger partial charge in [-0.2, -0.15) is 10.2 Å². The molecule has 4 aromatic rings. The van der Waals surface area contributed by atoms with Crippen LogP contribution in [0, 0.1) is 30.9 Å². The van der Waals surface area contributed by atoms with Gasteiger partial charge in [-0.25, -0.2) is 0 Å². The Morgan fingerprint density at radius 1 is 1.06 bits per heavy atom. The Morgan fingerprint density at radius 2 is 1.79 bits per heavy atom. The Hall–Kier alpha value is -4.27. The van der Waals surface area contributed by atoms with Crippen LogP contribution in [0.3, 0.4) is 0 Å². The first-order chi connectivity index (χ1) is 15.8. The molecule has 2 heterocycles. The number of nitrogens with one attached hydrogen (secondary N) is 1. The van der Waals surface area contributed by atoms with E-state index in [0.29, 0.717) is 35.7 Å². The van der Waals surface area contributed by atoms with Gasteiger partial charge in [-0.15, -0.1) is 0 Å². The summed E-state index contributed by atoms with van der Waals surface area (Å²) in [7, 11) is 0. The molecule has 0 aliphatic rings. The molecule has 0 atom stereocenters. The van der Waals surface area contributed by atoms with Crippen molar-refractivity contribution in [3.8, 4) is 0 Å². The average Bonchev–Trinajstić information content (AvgIpc) is 3.33. The van der Waals surface area contributed by atoms with Gasteiger partial charge in [0.1, 0.15) is 11.4 Å². The summed E-state index contributed by atoms with van der Waals surface area (Å²) in [6.07, 6.45) is 3.43. The maximum absolute atomic E-state index is 12.6. The summed E-state index contributed by atoms with van der Waals surface area (Å²) in [4.78, 5) is 23.4. The summed E-state index contributed by atoms with van der Waals surface area (Å²) >= 11 is 0. The van der Waals surface area contributed by atoms with Crippen molar-refractivity contribution in [3.05, 3.63) is 105 Å². The minimum Gasteiger partial charge on any atom is -0.319 e. The second kappa shape index (κ2) is 9.07. The third kappa shape index (κ3) is 4.82. The zero-order chi connectivity index (χ0) is 23.5. The molecule has 0 saturated heterocycles. The fraction of sp³-hybridized carbons (Fsp3) is 0.208. The molecule has 0 aliphatic heterocycles. The fourth-order valence-corrected chi connectivity index (χ4v) is 3.72. The van der Waals surface area contributed by atoms with Crippen molar-refractivity contribution in [2.24, 2.45) is 0 Å². The molecule has 0 spiro atoms. The number of rotatable bonds is 7. The van der Waals surface area contributed by atoms with E-state index in [1.54, 1.807) is 47.7 Å². The van der Waals surface area contributed by atoms with Crippen molar-refractivity contribution >= 4 is 17.3 Å². The van der Waals surface area contributed by atoms with Crippen LogP contribution in [-0.2, 0) is 13.1 Å². The Morgan fingerprint density at radius 3 is 2.45 bits per heavy atom. The first kappa shape index (κ1) is 21.9. The SMILES string of the molecule is Cc1ccccc1Cn1cc(NC(=O)c2ccc(Cn3nc(C)c([N+](=O)[O-])c3C)cc2)cn1. The third-order valence-corrected chi connectivity index (χ3v) is 5.56. The highest BCUT2D eigenvalue weighted by molar-refractivity contribution is 6.04. The summed E-state index contributed by atoms with van der Waals surface area (Å²) in [6.45, 7) is 6.37. The first-order valence-corrected chi connectivity index (χ1v) is 10.5. The smallest absolute Gasteiger partial charge is 0.312 e. The summed E-state index contributed by atoms with van der Waals surface area (Å²) in [6, 6.07) is 15.2. The maximum atomic E-state index is 12.6. The van der Waals surface area contributed by atoms with Gasteiger partial charge in [0.05, 0.1) is 29.9 Å². The lowest BCUT2D eigenvalue weighted by Gasteiger charge is -2.07. The lowest BCUT2D eigenvalue weighted by molar-refractivity contribution is -0.386. The van der Waals surface area contributed by atoms with Crippen LogP contribution >= 0.6 is 0 Å². The van der Waals surface area contributed by atoms with Gasteiger partial charge in [0.15, 0.2) is 0 Å². The molecule has 168 valence electrons. The molecule has 2 aromatic carbocycles. The Balaban J connectivity index is 1.40. The summed E-state index contributed by atoms with van der Waals surface area (Å²) in [5, 5.41) is 22.7. The van der Waals surface area contributed by atoms with E-state index >= 15 is 0 Å². The molecule has 9 heteroatoms. The number of anilines is 1. The molecule has 0 saturated carbocycles. The predicted molar refractivity (Wildman–Crippen MR) is 124 cm³/mol. The summed E-state index contributed by atoms with van der Waals surface area (Å²) in [5.41, 5.74) is 5.29. The molecule has 33 heavy (non-hydrogen) atoms. The quantitative estimate of drug-likeness (QED) is 0.338. The van der Waals surface area contributed by atoms with Crippen LogP contribution in [-0.4, -0.2) is 30.4 Å².